The minimum Gasteiger partial charge on any atom is -0.285 e. The number of para-hydroxylation sites is 1. The highest BCUT2D eigenvalue weighted by atomic mass is 79.9. The number of nitro benzene ring substituents is 1. The van der Waals surface area contributed by atoms with Gasteiger partial charge in [0.2, 0.25) is 5.78 Å². The minimum absolute atomic E-state index is 0.0346. The maximum atomic E-state index is 13.4. The van der Waals surface area contributed by atoms with Gasteiger partial charge in [0.25, 0.3) is 11.2 Å². The first-order valence-corrected chi connectivity index (χ1v) is 9.86. The summed E-state index contributed by atoms with van der Waals surface area (Å²) >= 11 is 3.43. The topological polar surface area (TPSA) is 82.4 Å². The lowest BCUT2D eigenvalue weighted by Crippen LogP contribution is -2.16. The number of hydrogen-bond donors (Lipinski definition) is 0. The first-order valence-electron chi connectivity index (χ1n) is 9.06. The quantitative estimate of drug-likeness (QED) is 0.281. The Kier molecular flexibility index (Phi) is 4.22. The zero-order valence-electron chi connectivity index (χ0n) is 15.4. The van der Waals surface area contributed by atoms with E-state index >= 15 is 0 Å². The zero-order chi connectivity index (χ0) is 20.8. The molecule has 0 bridgehead atoms. The number of imidazole rings is 1. The molecule has 0 aliphatic carbocycles. The smallest absolute Gasteiger partial charge is 0.271 e. The summed E-state index contributed by atoms with van der Waals surface area (Å²) < 4.78 is 4.17. The number of nitrogens with zero attached hydrogens (tertiary/aromatic N) is 4. The van der Waals surface area contributed by atoms with Crippen LogP contribution in [0.2, 0.25) is 0 Å². The fraction of sp³-hybridized carbons (Fsp3) is 0. The van der Waals surface area contributed by atoms with E-state index in [2.05, 4.69) is 15.9 Å². The van der Waals surface area contributed by atoms with Crippen molar-refractivity contribution in [2.75, 3.05) is 0 Å². The van der Waals surface area contributed by atoms with Crippen LogP contribution in [0.4, 0.5) is 5.69 Å². The number of benzene rings is 3. The second kappa shape index (κ2) is 6.93. The number of rotatable bonds is 3. The lowest BCUT2D eigenvalue weighted by Gasteiger charge is -2.05. The van der Waals surface area contributed by atoms with Gasteiger partial charge in [-0.1, -0.05) is 46.3 Å². The van der Waals surface area contributed by atoms with Gasteiger partial charge in [-0.3, -0.25) is 19.5 Å². The molecule has 3 aromatic carbocycles. The fourth-order valence-electron chi connectivity index (χ4n) is 3.51. The van der Waals surface area contributed by atoms with Gasteiger partial charge in [0, 0.05) is 28.4 Å². The van der Waals surface area contributed by atoms with Crippen molar-refractivity contribution in [3.8, 4) is 16.9 Å². The maximum absolute atomic E-state index is 13.4. The van der Waals surface area contributed by atoms with Crippen molar-refractivity contribution in [1.82, 2.24) is 14.0 Å². The van der Waals surface area contributed by atoms with Gasteiger partial charge in [0.1, 0.15) is 0 Å². The third-order valence-electron chi connectivity index (χ3n) is 4.92. The van der Waals surface area contributed by atoms with Gasteiger partial charge in [-0.15, -0.1) is 0 Å². The molecule has 0 fully saturated rings. The molecule has 0 amide bonds. The standard InChI is InChI=1S/C22H13BrN4O3/c23-15-10-8-14(9-11-15)20-13-25(16-4-3-5-17(12-16)27(29)30)22-24-19-7-2-1-6-18(19)21(28)26(20)22/h1-13H. The van der Waals surface area contributed by atoms with Gasteiger partial charge in [-0.25, -0.2) is 9.38 Å². The Morgan fingerprint density at radius 2 is 1.73 bits per heavy atom. The predicted octanol–water partition coefficient (Wildman–Crippen LogP) is 4.98. The summed E-state index contributed by atoms with van der Waals surface area (Å²) in [5, 5.41) is 11.8. The van der Waals surface area contributed by atoms with Crippen molar-refractivity contribution in [2.24, 2.45) is 0 Å². The van der Waals surface area contributed by atoms with E-state index in [1.165, 1.54) is 12.1 Å². The fourth-order valence-corrected chi connectivity index (χ4v) is 3.77. The van der Waals surface area contributed by atoms with E-state index in [0.29, 0.717) is 28.1 Å². The maximum Gasteiger partial charge on any atom is 0.271 e. The van der Waals surface area contributed by atoms with Crippen LogP contribution >= 0.6 is 15.9 Å². The van der Waals surface area contributed by atoms with Gasteiger partial charge in [0.15, 0.2) is 0 Å². The third kappa shape index (κ3) is 2.89. The SMILES string of the molecule is O=c1c2ccccc2nc2n(-c3cccc([N+](=O)[O-])c3)cc(-c3ccc(Br)cc3)n12. The number of halogens is 1. The summed E-state index contributed by atoms with van der Waals surface area (Å²) in [5.74, 6) is 0.386. The lowest BCUT2D eigenvalue weighted by atomic mass is 10.1. The highest BCUT2D eigenvalue weighted by molar-refractivity contribution is 9.10. The van der Waals surface area contributed by atoms with Crippen molar-refractivity contribution in [2.45, 2.75) is 0 Å². The molecule has 2 heterocycles. The number of aromatic nitrogens is 3. The molecule has 0 N–H and O–H groups in total. The Hall–Kier alpha value is -3.78. The van der Waals surface area contributed by atoms with Gasteiger partial charge >= 0.3 is 0 Å². The molecule has 0 radical (unpaired) electrons. The first-order chi connectivity index (χ1) is 14.5. The van der Waals surface area contributed by atoms with Crippen LogP contribution in [0.15, 0.2) is 88.3 Å². The van der Waals surface area contributed by atoms with E-state index in [-0.39, 0.29) is 11.2 Å². The second-order valence-electron chi connectivity index (χ2n) is 6.74. The van der Waals surface area contributed by atoms with Crippen molar-refractivity contribution in [3.63, 3.8) is 0 Å². The van der Waals surface area contributed by atoms with E-state index in [1.54, 1.807) is 45.5 Å². The first kappa shape index (κ1) is 18.3. The highest BCUT2D eigenvalue weighted by Crippen LogP contribution is 2.27. The Balaban J connectivity index is 1.90. The summed E-state index contributed by atoms with van der Waals surface area (Å²) in [6, 6.07) is 21.0. The van der Waals surface area contributed by atoms with Crippen LogP contribution in [0.25, 0.3) is 33.6 Å². The largest absolute Gasteiger partial charge is 0.285 e. The molecule has 5 aromatic rings. The molecule has 0 aliphatic heterocycles. The normalized spacial score (nSPS) is 11.2. The molecule has 146 valence electrons. The molecule has 5 rings (SSSR count). The van der Waals surface area contributed by atoms with E-state index in [9.17, 15) is 14.9 Å². The van der Waals surface area contributed by atoms with Gasteiger partial charge < -0.3 is 0 Å². The Bertz CT molecular complexity index is 1500. The number of nitro groups is 1. The molecule has 0 unspecified atom stereocenters. The van der Waals surface area contributed by atoms with E-state index < -0.39 is 4.92 Å². The van der Waals surface area contributed by atoms with Crippen LogP contribution in [0.5, 0.6) is 0 Å². The molecule has 2 aromatic heterocycles. The zero-order valence-corrected chi connectivity index (χ0v) is 17.0. The average Bonchev–Trinajstić information content (AvgIpc) is 3.14. The van der Waals surface area contributed by atoms with Crippen molar-refractivity contribution in [3.05, 3.63) is 104 Å². The second-order valence-corrected chi connectivity index (χ2v) is 7.65. The molecule has 0 aliphatic rings. The Labute approximate surface area is 178 Å². The van der Waals surface area contributed by atoms with Gasteiger partial charge in [0.05, 0.1) is 27.2 Å². The summed E-state index contributed by atoms with van der Waals surface area (Å²) in [5.41, 5.74) is 2.35. The van der Waals surface area contributed by atoms with Crippen LogP contribution in [0, 0.1) is 10.1 Å². The molecule has 0 saturated carbocycles. The summed E-state index contributed by atoms with van der Waals surface area (Å²) in [6.45, 7) is 0. The summed E-state index contributed by atoms with van der Waals surface area (Å²) in [6.07, 6.45) is 1.78. The summed E-state index contributed by atoms with van der Waals surface area (Å²) in [7, 11) is 0. The van der Waals surface area contributed by atoms with Gasteiger partial charge in [-0.2, -0.15) is 0 Å². The van der Waals surface area contributed by atoms with Crippen LogP contribution in [-0.2, 0) is 0 Å². The molecule has 30 heavy (non-hydrogen) atoms. The van der Waals surface area contributed by atoms with Crippen LogP contribution in [0.1, 0.15) is 0 Å². The average molecular weight is 461 g/mol. The molecular formula is C22H13BrN4O3. The molecule has 0 saturated heterocycles. The van der Waals surface area contributed by atoms with E-state index in [4.69, 9.17) is 4.98 Å². The third-order valence-corrected chi connectivity index (χ3v) is 5.45. The Morgan fingerprint density at radius 3 is 2.50 bits per heavy atom. The number of fused-ring (bicyclic) bond motifs is 2. The molecular weight excluding hydrogens is 448 g/mol. The molecule has 8 heteroatoms. The van der Waals surface area contributed by atoms with Crippen molar-refractivity contribution >= 4 is 38.3 Å². The van der Waals surface area contributed by atoms with Crippen LogP contribution in [0.3, 0.4) is 0 Å². The summed E-state index contributed by atoms with van der Waals surface area (Å²) in [4.78, 5) is 28.9. The number of hydrogen-bond acceptors (Lipinski definition) is 4. The molecule has 0 atom stereocenters. The number of non-ortho nitro benzene ring substituents is 1. The lowest BCUT2D eigenvalue weighted by molar-refractivity contribution is -0.384. The van der Waals surface area contributed by atoms with Crippen LogP contribution < -0.4 is 5.56 Å². The van der Waals surface area contributed by atoms with Gasteiger partial charge in [-0.05, 0) is 30.3 Å². The monoisotopic (exact) mass is 460 g/mol. The minimum atomic E-state index is -0.445. The van der Waals surface area contributed by atoms with E-state index in [0.717, 1.165) is 10.0 Å². The van der Waals surface area contributed by atoms with E-state index in [1.807, 2.05) is 30.3 Å². The Morgan fingerprint density at radius 1 is 0.967 bits per heavy atom. The molecule has 7 nitrogen and oxygen atoms in total. The van der Waals surface area contributed by atoms with Crippen molar-refractivity contribution < 1.29 is 4.92 Å². The van der Waals surface area contributed by atoms with Crippen LogP contribution in [-0.4, -0.2) is 18.9 Å². The van der Waals surface area contributed by atoms with Crippen molar-refractivity contribution in [1.29, 1.82) is 0 Å². The molecule has 0 spiro atoms. The predicted molar refractivity (Wildman–Crippen MR) is 118 cm³/mol. The highest BCUT2D eigenvalue weighted by Gasteiger charge is 2.18.